The summed E-state index contributed by atoms with van der Waals surface area (Å²) >= 11 is 0. The molecule has 19 heavy (non-hydrogen) atoms. The van der Waals surface area contributed by atoms with Gasteiger partial charge in [-0.25, -0.2) is 8.78 Å². The molecule has 1 atom stereocenters. The van der Waals surface area contributed by atoms with Gasteiger partial charge in [0.05, 0.1) is 0 Å². The van der Waals surface area contributed by atoms with Crippen molar-refractivity contribution in [1.82, 2.24) is 10.2 Å². The molecule has 0 aliphatic carbocycles. The minimum absolute atomic E-state index is 0.178. The number of piperazine rings is 1. The van der Waals surface area contributed by atoms with Crippen LogP contribution in [-0.4, -0.2) is 31.1 Å². The van der Waals surface area contributed by atoms with E-state index in [9.17, 15) is 8.78 Å². The van der Waals surface area contributed by atoms with E-state index in [1.54, 1.807) is 6.07 Å². The average molecular weight is 268 g/mol. The summed E-state index contributed by atoms with van der Waals surface area (Å²) in [5.74, 6) is -0.998. The Morgan fingerprint density at radius 3 is 2.42 bits per heavy atom. The third-order valence-corrected chi connectivity index (χ3v) is 3.62. The molecule has 0 bridgehead atoms. The Balaban J connectivity index is 2.22. The fourth-order valence-corrected chi connectivity index (χ4v) is 2.66. The summed E-state index contributed by atoms with van der Waals surface area (Å²) in [6.45, 7) is 8.15. The number of hydrogen-bond donors (Lipinski definition) is 1. The van der Waals surface area contributed by atoms with Gasteiger partial charge in [0.1, 0.15) is 0 Å². The predicted octanol–water partition coefficient (Wildman–Crippen LogP) is 2.96. The van der Waals surface area contributed by atoms with Crippen molar-refractivity contribution in [3.8, 4) is 0 Å². The maximum Gasteiger partial charge on any atom is 0.159 e. The predicted molar refractivity (Wildman–Crippen MR) is 73.0 cm³/mol. The van der Waals surface area contributed by atoms with E-state index in [2.05, 4.69) is 24.1 Å². The molecule has 0 spiro atoms. The number of rotatable bonds is 4. The number of nitrogens with zero attached hydrogens (tertiary/aromatic N) is 1. The summed E-state index contributed by atoms with van der Waals surface area (Å²) in [7, 11) is 0. The second-order valence-electron chi connectivity index (χ2n) is 5.60. The maximum absolute atomic E-state index is 13.4. The molecule has 1 fully saturated rings. The highest BCUT2D eigenvalue weighted by molar-refractivity contribution is 5.21. The van der Waals surface area contributed by atoms with Crippen LogP contribution in [-0.2, 0) is 0 Å². The zero-order chi connectivity index (χ0) is 13.8. The SMILES string of the molecule is CC(C)C[C@H](c1ccc(F)c(F)c1)N1CCNCC1. The molecule has 1 aromatic rings. The van der Waals surface area contributed by atoms with Gasteiger partial charge in [-0.1, -0.05) is 19.9 Å². The van der Waals surface area contributed by atoms with Crippen LogP contribution in [0.3, 0.4) is 0 Å². The first-order valence-corrected chi connectivity index (χ1v) is 6.97. The molecule has 1 aliphatic rings. The fraction of sp³-hybridized carbons (Fsp3) is 0.600. The van der Waals surface area contributed by atoms with Gasteiger partial charge in [-0.15, -0.1) is 0 Å². The lowest BCUT2D eigenvalue weighted by Crippen LogP contribution is -2.45. The summed E-state index contributed by atoms with van der Waals surface area (Å²) in [6, 6.07) is 4.48. The van der Waals surface area contributed by atoms with Crippen molar-refractivity contribution >= 4 is 0 Å². The van der Waals surface area contributed by atoms with Crippen molar-refractivity contribution < 1.29 is 8.78 Å². The third kappa shape index (κ3) is 3.74. The van der Waals surface area contributed by atoms with E-state index in [1.165, 1.54) is 12.1 Å². The van der Waals surface area contributed by atoms with Gasteiger partial charge in [-0.3, -0.25) is 4.90 Å². The van der Waals surface area contributed by atoms with Crippen LogP contribution < -0.4 is 5.32 Å². The Bertz CT molecular complexity index is 415. The molecule has 0 unspecified atom stereocenters. The van der Waals surface area contributed by atoms with Crippen molar-refractivity contribution in [2.45, 2.75) is 26.3 Å². The lowest BCUT2D eigenvalue weighted by molar-refractivity contribution is 0.153. The number of benzene rings is 1. The summed E-state index contributed by atoms with van der Waals surface area (Å²) in [6.07, 6.45) is 0.963. The zero-order valence-corrected chi connectivity index (χ0v) is 11.6. The molecule has 1 aromatic carbocycles. The van der Waals surface area contributed by atoms with Crippen molar-refractivity contribution in [1.29, 1.82) is 0 Å². The molecular formula is C15H22F2N2. The molecule has 1 heterocycles. The number of halogens is 2. The molecule has 2 nitrogen and oxygen atoms in total. The van der Waals surface area contributed by atoms with Gasteiger partial charge in [-0.2, -0.15) is 0 Å². The lowest BCUT2D eigenvalue weighted by atomic mass is 9.95. The van der Waals surface area contributed by atoms with Crippen LogP contribution in [0.1, 0.15) is 31.9 Å². The maximum atomic E-state index is 13.4. The summed E-state index contributed by atoms with van der Waals surface area (Å²) in [4.78, 5) is 2.36. The zero-order valence-electron chi connectivity index (χ0n) is 11.6. The second kappa shape index (κ2) is 6.44. The Labute approximate surface area is 113 Å². The van der Waals surface area contributed by atoms with E-state index < -0.39 is 11.6 Å². The molecule has 2 rings (SSSR count). The molecule has 0 radical (unpaired) electrons. The Hall–Kier alpha value is -1.00. The minimum atomic E-state index is -0.771. The largest absolute Gasteiger partial charge is 0.314 e. The van der Waals surface area contributed by atoms with Crippen molar-refractivity contribution in [3.05, 3.63) is 35.4 Å². The van der Waals surface area contributed by atoms with Gasteiger partial charge < -0.3 is 5.32 Å². The van der Waals surface area contributed by atoms with Crippen LogP contribution in [0.2, 0.25) is 0 Å². The smallest absolute Gasteiger partial charge is 0.159 e. The van der Waals surface area contributed by atoms with Gasteiger partial charge in [0, 0.05) is 32.2 Å². The van der Waals surface area contributed by atoms with Gasteiger partial charge in [0.25, 0.3) is 0 Å². The van der Waals surface area contributed by atoms with Crippen LogP contribution in [0.4, 0.5) is 8.78 Å². The first-order valence-electron chi connectivity index (χ1n) is 6.97. The number of hydrogen-bond acceptors (Lipinski definition) is 2. The van der Waals surface area contributed by atoms with Gasteiger partial charge in [0.15, 0.2) is 11.6 Å². The highest BCUT2D eigenvalue weighted by Gasteiger charge is 2.23. The Kier molecular flexibility index (Phi) is 4.88. The van der Waals surface area contributed by atoms with E-state index in [1.807, 2.05) is 0 Å². The minimum Gasteiger partial charge on any atom is -0.314 e. The highest BCUT2D eigenvalue weighted by atomic mass is 19.2. The van der Waals surface area contributed by atoms with Crippen LogP contribution in [0.15, 0.2) is 18.2 Å². The summed E-state index contributed by atoms with van der Waals surface area (Å²) in [5.41, 5.74) is 0.884. The molecular weight excluding hydrogens is 246 g/mol. The van der Waals surface area contributed by atoms with Crippen LogP contribution in [0, 0.1) is 17.6 Å². The number of nitrogens with one attached hydrogen (secondary N) is 1. The topological polar surface area (TPSA) is 15.3 Å². The quantitative estimate of drug-likeness (QED) is 0.903. The van der Waals surface area contributed by atoms with E-state index >= 15 is 0 Å². The van der Waals surface area contributed by atoms with Crippen molar-refractivity contribution in [3.63, 3.8) is 0 Å². The standard InChI is InChI=1S/C15H22F2N2/c1-11(2)9-15(19-7-5-18-6-8-19)12-3-4-13(16)14(17)10-12/h3-4,10-11,15,18H,5-9H2,1-2H3/t15-/m1/s1. The van der Waals surface area contributed by atoms with Gasteiger partial charge >= 0.3 is 0 Å². The van der Waals surface area contributed by atoms with Crippen LogP contribution in [0.5, 0.6) is 0 Å². The van der Waals surface area contributed by atoms with Crippen molar-refractivity contribution in [2.24, 2.45) is 5.92 Å². The van der Waals surface area contributed by atoms with Crippen LogP contribution in [0.25, 0.3) is 0 Å². The van der Waals surface area contributed by atoms with E-state index in [4.69, 9.17) is 0 Å². The second-order valence-corrected chi connectivity index (χ2v) is 5.60. The first-order chi connectivity index (χ1) is 9.08. The molecule has 106 valence electrons. The lowest BCUT2D eigenvalue weighted by Gasteiger charge is -2.36. The molecule has 0 amide bonds. The van der Waals surface area contributed by atoms with Crippen LogP contribution >= 0.6 is 0 Å². The van der Waals surface area contributed by atoms with Gasteiger partial charge in [0.2, 0.25) is 0 Å². The fourth-order valence-electron chi connectivity index (χ4n) is 2.66. The molecule has 0 saturated carbocycles. The van der Waals surface area contributed by atoms with Crippen molar-refractivity contribution in [2.75, 3.05) is 26.2 Å². The normalized spacial score (nSPS) is 18.8. The Morgan fingerprint density at radius 1 is 1.16 bits per heavy atom. The molecule has 1 saturated heterocycles. The van der Waals surface area contributed by atoms with E-state index in [0.29, 0.717) is 5.92 Å². The molecule has 0 aromatic heterocycles. The average Bonchev–Trinajstić information content (AvgIpc) is 2.40. The molecule has 1 N–H and O–H groups in total. The van der Waals surface area contributed by atoms with E-state index in [0.717, 1.165) is 38.2 Å². The molecule has 4 heteroatoms. The Morgan fingerprint density at radius 2 is 1.84 bits per heavy atom. The van der Waals surface area contributed by atoms with E-state index in [-0.39, 0.29) is 6.04 Å². The summed E-state index contributed by atoms with van der Waals surface area (Å²) < 4.78 is 26.5. The third-order valence-electron chi connectivity index (χ3n) is 3.62. The molecule has 1 aliphatic heterocycles. The monoisotopic (exact) mass is 268 g/mol. The summed E-state index contributed by atoms with van der Waals surface area (Å²) in [5, 5.41) is 3.32. The highest BCUT2D eigenvalue weighted by Crippen LogP contribution is 2.29. The van der Waals surface area contributed by atoms with Gasteiger partial charge in [-0.05, 0) is 30.0 Å². The first kappa shape index (κ1) is 14.4.